The summed E-state index contributed by atoms with van der Waals surface area (Å²) >= 11 is 6.98. The highest BCUT2D eigenvalue weighted by Crippen LogP contribution is 2.40. The summed E-state index contributed by atoms with van der Waals surface area (Å²) in [5, 5.41) is -0.0591. The number of carbonyl (C=O) groups excluding carboxylic acids is 2. The van der Waals surface area contributed by atoms with Gasteiger partial charge < -0.3 is 9.47 Å². The summed E-state index contributed by atoms with van der Waals surface area (Å²) in [5.41, 5.74) is 1.01. The second-order valence-electron chi connectivity index (χ2n) is 5.05. The molecule has 0 bridgehead atoms. The van der Waals surface area contributed by atoms with E-state index in [0.717, 1.165) is 16.7 Å². The molecule has 0 aromatic heterocycles. The number of nitrogens with zero attached hydrogens (tertiary/aromatic N) is 1. The lowest BCUT2D eigenvalue weighted by Crippen LogP contribution is -2.27. The number of anilines is 1. The first-order valence-electron chi connectivity index (χ1n) is 7.30. The van der Waals surface area contributed by atoms with Crippen molar-refractivity contribution >= 4 is 46.3 Å². The van der Waals surface area contributed by atoms with Gasteiger partial charge in [0.2, 0.25) is 0 Å². The Morgan fingerprint density at radius 3 is 2.48 bits per heavy atom. The summed E-state index contributed by atoms with van der Waals surface area (Å²) in [5.74, 6) is 0.615. The van der Waals surface area contributed by atoms with Crippen LogP contribution in [0.25, 0.3) is 6.08 Å². The fourth-order valence-corrected chi connectivity index (χ4v) is 3.52. The van der Waals surface area contributed by atoms with Gasteiger partial charge in [0.05, 0.1) is 29.8 Å². The molecule has 2 aromatic rings. The van der Waals surface area contributed by atoms with E-state index in [1.165, 1.54) is 14.2 Å². The number of halogens is 1. The molecule has 0 aliphatic carbocycles. The van der Waals surface area contributed by atoms with E-state index >= 15 is 0 Å². The number of hydrogen-bond acceptors (Lipinski definition) is 5. The molecule has 1 aliphatic rings. The largest absolute Gasteiger partial charge is 0.493 e. The summed E-state index contributed by atoms with van der Waals surface area (Å²) < 4.78 is 10.6. The van der Waals surface area contributed by atoms with Crippen LogP contribution in [0.2, 0.25) is 5.02 Å². The fraction of sp³-hybridized carbons (Fsp3) is 0.111. The number of ether oxygens (including phenoxy) is 2. The molecule has 5 nitrogen and oxygen atoms in total. The zero-order valence-corrected chi connectivity index (χ0v) is 15.1. The highest BCUT2D eigenvalue weighted by molar-refractivity contribution is 8.19. The van der Waals surface area contributed by atoms with Crippen molar-refractivity contribution in [3.63, 3.8) is 0 Å². The molecule has 2 aromatic carbocycles. The monoisotopic (exact) mass is 375 g/mol. The van der Waals surface area contributed by atoms with E-state index < -0.39 is 11.1 Å². The number of amides is 2. The third-order valence-electron chi connectivity index (χ3n) is 3.61. The van der Waals surface area contributed by atoms with Crippen molar-refractivity contribution in [2.75, 3.05) is 19.1 Å². The number of methoxy groups -OCH3 is 2. The van der Waals surface area contributed by atoms with Gasteiger partial charge in [0, 0.05) is 5.56 Å². The van der Waals surface area contributed by atoms with Crippen molar-refractivity contribution in [3.05, 3.63) is 58.0 Å². The lowest BCUT2D eigenvalue weighted by molar-refractivity contribution is -0.113. The van der Waals surface area contributed by atoms with Gasteiger partial charge in [-0.1, -0.05) is 35.9 Å². The van der Waals surface area contributed by atoms with Crippen molar-refractivity contribution < 1.29 is 19.1 Å². The van der Waals surface area contributed by atoms with Crippen molar-refractivity contribution in [2.45, 2.75) is 0 Å². The van der Waals surface area contributed by atoms with Crippen molar-refractivity contribution in [2.24, 2.45) is 0 Å². The van der Waals surface area contributed by atoms with Crippen molar-refractivity contribution in [1.82, 2.24) is 0 Å². The molecule has 1 saturated heterocycles. The number of carbonyl (C=O) groups is 2. The van der Waals surface area contributed by atoms with Gasteiger partial charge >= 0.3 is 0 Å². The van der Waals surface area contributed by atoms with Crippen LogP contribution in [0, 0.1) is 0 Å². The molecule has 0 saturated carbocycles. The van der Waals surface area contributed by atoms with E-state index in [-0.39, 0.29) is 4.91 Å². The molecular formula is C18H14ClNO4S. The second-order valence-corrected chi connectivity index (χ2v) is 6.45. The molecule has 2 amide bonds. The van der Waals surface area contributed by atoms with Crippen LogP contribution in [0.4, 0.5) is 10.5 Å². The standard InChI is InChI=1S/C18H14ClNO4S/c1-23-14-9-5-6-11(16(14)24-2)10-15-17(21)20(18(22)25-15)13-8-4-3-7-12(13)19/h3-10H,1-2H3/b15-10+. The Morgan fingerprint density at radius 1 is 1.04 bits per heavy atom. The number of rotatable bonds is 4. The van der Waals surface area contributed by atoms with E-state index in [4.69, 9.17) is 21.1 Å². The van der Waals surface area contributed by atoms with Gasteiger partial charge in [-0.2, -0.15) is 0 Å². The summed E-state index contributed by atoms with van der Waals surface area (Å²) in [6, 6.07) is 12.0. The molecule has 128 valence electrons. The lowest BCUT2D eigenvalue weighted by atomic mass is 10.1. The minimum absolute atomic E-state index is 0.288. The smallest absolute Gasteiger partial charge is 0.298 e. The molecule has 0 N–H and O–H groups in total. The minimum Gasteiger partial charge on any atom is -0.493 e. The number of hydrogen-bond donors (Lipinski definition) is 0. The van der Waals surface area contributed by atoms with E-state index in [9.17, 15) is 9.59 Å². The van der Waals surface area contributed by atoms with E-state index in [2.05, 4.69) is 0 Å². The van der Waals surface area contributed by atoms with Crippen molar-refractivity contribution in [1.29, 1.82) is 0 Å². The second kappa shape index (κ2) is 7.21. The normalized spacial score (nSPS) is 15.8. The van der Waals surface area contributed by atoms with Crippen LogP contribution in [0.15, 0.2) is 47.4 Å². The molecule has 0 spiro atoms. The Hall–Kier alpha value is -2.44. The number of benzene rings is 2. The summed E-state index contributed by atoms with van der Waals surface area (Å²) in [6.45, 7) is 0. The predicted molar refractivity (Wildman–Crippen MR) is 99.4 cm³/mol. The van der Waals surface area contributed by atoms with Gasteiger partial charge in [0.1, 0.15) is 0 Å². The van der Waals surface area contributed by atoms with Crippen LogP contribution in [0.1, 0.15) is 5.56 Å². The first kappa shape index (κ1) is 17.4. The molecule has 0 radical (unpaired) electrons. The fourth-order valence-electron chi connectivity index (χ4n) is 2.48. The molecule has 3 rings (SSSR count). The Balaban J connectivity index is 2.01. The van der Waals surface area contributed by atoms with E-state index in [0.29, 0.717) is 27.8 Å². The van der Waals surface area contributed by atoms with Gasteiger partial charge in [0.25, 0.3) is 11.1 Å². The molecule has 7 heteroatoms. The van der Waals surface area contributed by atoms with Crippen LogP contribution in [-0.4, -0.2) is 25.4 Å². The van der Waals surface area contributed by atoms with Gasteiger partial charge in [-0.15, -0.1) is 0 Å². The third-order valence-corrected chi connectivity index (χ3v) is 4.80. The lowest BCUT2D eigenvalue weighted by Gasteiger charge is -2.13. The minimum atomic E-state index is -0.423. The van der Waals surface area contributed by atoms with Gasteiger partial charge in [-0.3, -0.25) is 9.59 Å². The van der Waals surface area contributed by atoms with E-state index in [1.54, 1.807) is 48.5 Å². The maximum atomic E-state index is 12.7. The molecule has 25 heavy (non-hydrogen) atoms. The summed E-state index contributed by atoms with van der Waals surface area (Å²) in [6.07, 6.45) is 1.61. The molecule has 1 aliphatic heterocycles. The zero-order valence-electron chi connectivity index (χ0n) is 13.5. The Bertz CT molecular complexity index is 881. The van der Waals surface area contributed by atoms with Crippen LogP contribution in [0.3, 0.4) is 0 Å². The predicted octanol–water partition coefficient (Wildman–Crippen LogP) is 4.60. The van der Waals surface area contributed by atoms with Gasteiger partial charge in [0.15, 0.2) is 11.5 Å². The molecule has 0 atom stereocenters. The zero-order chi connectivity index (χ0) is 18.0. The van der Waals surface area contributed by atoms with Crippen LogP contribution in [0.5, 0.6) is 11.5 Å². The summed E-state index contributed by atoms with van der Waals surface area (Å²) in [7, 11) is 3.05. The molecule has 0 unspecified atom stereocenters. The van der Waals surface area contributed by atoms with Crippen molar-refractivity contribution in [3.8, 4) is 11.5 Å². The number of para-hydroxylation sites is 2. The van der Waals surface area contributed by atoms with E-state index in [1.807, 2.05) is 0 Å². The van der Waals surface area contributed by atoms with Crippen LogP contribution in [-0.2, 0) is 4.79 Å². The number of thioether (sulfide) groups is 1. The molecular weight excluding hydrogens is 362 g/mol. The SMILES string of the molecule is COc1cccc(/C=C2/SC(=O)N(c3ccccc3Cl)C2=O)c1OC. The molecule has 1 heterocycles. The maximum Gasteiger partial charge on any atom is 0.298 e. The Morgan fingerprint density at radius 2 is 1.80 bits per heavy atom. The molecule has 1 fully saturated rings. The average Bonchev–Trinajstić information content (AvgIpc) is 2.89. The topological polar surface area (TPSA) is 55.8 Å². The van der Waals surface area contributed by atoms with Gasteiger partial charge in [-0.05, 0) is 36.0 Å². The first-order valence-corrected chi connectivity index (χ1v) is 8.49. The average molecular weight is 376 g/mol. The first-order chi connectivity index (χ1) is 12.1. The Labute approximate surface area is 154 Å². The summed E-state index contributed by atoms with van der Waals surface area (Å²) in [4.78, 5) is 26.4. The Kier molecular flexibility index (Phi) is 5.01. The maximum absolute atomic E-state index is 12.7. The van der Waals surface area contributed by atoms with Crippen LogP contribution >= 0.6 is 23.4 Å². The quantitative estimate of drug-likeness (QED) is 0.731. The van der Waals surface area contributed by atoms with Crippen LogP contribution < -0.4 is 14.4 Å². The van der Waals surface area contributed by atoms with Gasteiger partial charge in [-0.25, -0.2) is 4.90 Å². The highest BCUT2D eigenvalue weighted by atomic mass is 35.5. The third kappa shape index (κ3) is 3.23. The highest BCUT2D eigenvalue weighted by Gasteiger charge is 2.37. The number of imide groups is 1.